The zero-order chi connectivity index (χ0) is 22.2. The number of thiocarbonyl (C=S) groups is 1. The first kappa shape index (κ1) is 23.9. The monoisotopic (exact) mass is 452 g/mol. The largest absolute Gasteiger partial charge is 0.488 e. The highest BCUT2D eigenvalue weighted by molar-refractivity contribution is 7.89. The van der Waals surface area contributed by atoms with E-state index in [0.717, 1.165) is 0 Å². The van der Waals surface area contributed by atoms with E-state index in [9.17, 15) is 8.42 Å². The Kier molecular flexibility index (Phi) is 8.46. The van der Waals surface area contributed by atoms with E-state index < -0.39 is 21.7 Å². The summed E-state index contributed by atoms with van der Waals surface area (Å²) in [6, 6.07) is 5.38. The summed E-state index contributed by atoms with van der Waals surface area (Å²) in [6.07, 6.45) is 0.449. The summed E-state index contributed by atoms with van der Waals surface area (Å²) in [4.78, 5) is 2.76. The minimum atomic E-state index is -3.83. The fourth-order valence-electron chi connectivity index (χ4n) is 2.98. The van der Waals surface area contributed by atoms with E-state index in [1.807, 2.05) is 0 Å². The Morgan fingerprint density at radius 2 is 2.10 bits per heavy atom. The van der Waals surface area contributed by atoms with Gasteiger partial charge in [0.15, 0.2) is 5.05 Å². The van der Waals surface area contributed by atoms with Gasteiger partial charge in [0.1, 0.15) is 18.4 Å². The molecule has 0 amide bonds. The molecule has 1 aromatic rings. The molecule has 0 N–H and O–H groups in total. The van der Waals surface area contributed by atoms with Gasteiger partial charge in [0, 0.05) is 24.4 Å². The van der Waals surface area contributed by atoms with Crippen molar-refractivity contribution in [2.24, 2.45) is 5.11 Å². The number of hydrogen-bond donors (Lipinski definition) is 0. The van der Waals surface area contributed by atoms with Crippen molar-refractivity contribution in [1.82, 2.24) is 4.31 Å². The van der Waals surface area contributed by atoms with Crippen molar-refractivity contribution in [3.05, 3.63) is 34.7 Å². The van der Waals surface area contributed by atoms with E-state index in [1.165, 1.54) is 23.5 Å². The van der Waals surface area contributed by atoms with E-state index in [1.54, 1.807) is 26.0 Å². The highest BCUT2D eigenvalue weighted by Crippen LogP contribution is 2.31. The lowest BCUT2D eigenvalue weighted by Gasteiger charge is -2.44. The van der Waals surface area contributed by atoms with E-state index in [-0.39, 0.29) is 29.7 Å². The highest BCUT2D eigenvalue weighted by atomic mass is 32.2. The number of hydrogen-bond acceptors (Lipinski definition) is 7. The molecule has 30 heavy (non-hydrogen) atoms. The Balaban J connectivity index is 2.12. The molecule has 9 nitrogen and oxygen atoms in total. The summed E-state index contributed by atoms with van der Waals surface area (Å²) in [7, 11) is -2.41. The Bertz CT molecular complexity index is 961. The highest BCUT2D eigenvalue weighted by Gasteiger charge is 2.47. The van der Waals surface area contributed by atoms with Crippen LogP contribution in [0.4, 0.5) is 0 Å². The van der Waals surface area contributed by atoms with Gasteiger partial charge < -0.3 is 14.2 Å². The first-order valence-electron chi connectivity index (χ1n) is 9.17. The van der Waals surface area contributed by atoms with E-state index in [2.05, 4.69) is 21.9 Å². The summed E-state index contributed by atoms with van der Waals surface area (Å²) < 4.78 is 44.3. The zero-order valence-electron chi connectivity index (χ0n) is 17.1. The van der Waals surface area contributed by atoms with Gasteiger partial charge in [-0.25, -0.2) is 8.42 Å². The van der Waals surface area contributed by atoms with Gasteiger partial charge in [0.05, 0.1) is 24.2 Å². The molecule has 0 spiro atoms. The van der Waals surface area contributed by atoms with Gasteiger partial charge in [-0.15, -0.1) is 0 Å². The number of sulfonamides is 1. The standard InChI is InChI=1S/C19H24N4O5S2/c1-19(2)17(18(29)26-3)23(12-14-28-19)30(24,25)16-9-7-15(8-10-16)27-13-6-4-5-11-21-22-20/h7-10,17H,5,11-14H2,1-3H3. The molecule has 1 unspecified atom stereocenters. The molecule has 1 fully saturated rings. The summed E-state index contributed by atoms with van der Waals surface area (Å²) >= 11 is 5.27. The molecule has 1 aliphatic rings. The Morgan fingerprint density at radius 3 is 2.73 bits per heavy atom. The van der Waals surface area contributed by atoms with Gasteiger partial charge >= 0.3 is 0 Å². The second kappa shape index (κ2) is 10.6. The average molecular weight is 453 g/mol. The van der Waals surface area contributed by atoms with Crippen LogP contribution < -0.4 is 4.74 Å². The SMILES string of the molecule is COC(=S)C1N(S(=O)(=O)c2ccc(OCC#CCCN=[N+]=[N-])cc2)CCOC1(C)C. The van der Waals surface area contributed by atoms with Crippen LogP contribution in [0.5, 0.6) is 5.75 Å². The molecular weight excluding hydrogens is 428 g/mol. The molecule has 1 heterocycles. The third-order valence-corrected chi connectivity index (χ3v) is 6.69. The second-order valence-electron chi connectivity index (χ2n) is 6.81. The van der Waals surface area contributed by atoms with Gasteiger partial charge in [-0.05, 0) is 55.9 Å². The predicted octanol–water partition coefficient (Wildman–Crippen LogP) is 2.91. The molecule has 11 heteroatoms. The fourth-order valence-corrected chi connectivity index (χ4v) is 5.15. The minimum Gasteiger partial charge on any atom is -0.488 e. The Labute approximate surface area is 182 Å². The number of benzene rings is 1. The molecule has 0 radical (unpaired) electrons. The number of rotatable bonds is 7. The average Bonchev–Trinajstić information content (AvgIpc) is 2.72. The summed E-state index contributed by atoms with van der Waals surface area (Å²) in [5.74, 6) is 6.11. The van der Waals surface area contributed by atoms with E-state index in [0.29, 0.717) is 18.7 Å². The van der Waals surface area contributed by atoms with E-state index >= 15 is 0 Å². The quantitative estimate of drug-likeness (QED) is 0.157. The molecule has 1 saturated heterocycles. The molecule has 2 rings (SSSR count). The molecule has 0 aliphatic carbocycles. The van der Waals surface area contributed by atoms with Crippen LogP contribution in [0.2, 0.25) is 0 Å². The van der Waals surface area contributed by atoms with Crippen LogP contribution in [0.3, 0.4) is 0 Å². The third kappa shape index (κ3) is 5.84. The van der Waals surface area contributed by atoms with Crippen molar-refractivity contribution in [3.8, 4) is 17.6 Å². The van der Waals surface area contributed by atoms with Gasteiger partial charge in [0.25, 0.3) is 0 Å². The summed E-state index contributed by atoms with van der Waals surface area (Å²) in [5, 5.41) is 3.54. The Morgan fingerprint density at radius 1 is 1.40 bits per heavy atom. The van der Waals surface area contributed by atoms with Crippen molar-refractivity contribution in [2.45, 2.75) is 36.8 Å². The van der Waals surface area contributed by atoms with Gasteiger partial charge in [-0.3, -0.25) is 0 Å². The maximum Gasteiger partial charge on any atom is 0.243 e. The third-order valence-electron chi connectivity index (χ3n) is 4.42. The molecular formula is C19H24N4O5S2. The normalized spacial score (nSPS) is 18.4. The lowest BCUT2D eigenvalue weighted by atomic mass is 9.97. The molecule has 162 valence electrons. The molecule has 0 aromatic heterocycles. The smallest absolute Gasteiger partial charge is 0.243 e. The van der Waals surface area contributed by atoms with Gasteiger partial charge in [-0.2, -0.15) is 4.31 Å². The topological polar surface area (TPSA) is 114 Å². The van der Waals surface area contributed by atoms with Crippen LogP contribution in [0, 0.1) is 11.8 Å². The van der Waals surface area contributed by atoms with Gasteiger partial charge in [-0.1, -0.05) is 17.0 Å². The van der Waals surface area contributed by atoms with Crippen LogP contribution in [-0.4, -0.2) is 62.8 Å². The zero-order valence-corrected chi connectivity index (χ0v) is 18.7. The number of azide groups is 1. The lowest BCUT2D eigenvalue weighted by molar-refractivity contribution is -0.0852. The Hall–Kier alpha value is -2.35. The maximum atomic E-state index is 13.3. The molecule has 1 atom stereocenters. The van der Waals surface area contributed by atoms with Crippen LogP contribution >= 0.6 is 12.2 Å². The van der Waals surface area contributed by atoms with Crippen LogP contribution in [0.25, 0.3) is 10.4 Å². The number of methoxy groups -OCH3 is 1. The van der Waals surface area contributed by atoms with Crippen LogP contribution in [0.15, 0.2) is 34.3 Å². The lowest BCUT2D eigenvalue weighted by Crippen LogP contribution is -2.61. The summed E-state index contributed by atoms with van der Waals surface area (Å²) in [6.45, 7) is 4.45. The number of ether oxygens (including phenoxy) is 3. The van der Waals surface area contributed by atoms with Crippen molar-refractivity contribution in [3.63, 3.8) is 0 Å². The first-order chi connectivity index (χ1) is 14.2. The number of morpholine rings is 1. The minimum absolute atomic E-state index is 0.122. The van der Waals surface area contributed by atoms with Crippen molar-refractivity contribution in [1.29, 1.82) is 0 Å². The van der Waals surface area contributed by atoms with Gasteiger partial charge in [0.2, 0.25) is 10.0 Å². The van der Waals surface area contributed by atoms with E-state index in [4.69, 9.17) is 32.0 Å². The second-order valence-corrected chi connectivity index (χ2v) is 9.10. The molecule has 0 saturated carbocycles. The first-order valence-corrected chi connectivity index (χ1v) is 11.0. The predicted molar refractivity (Wildman–Crippen MR) is 116 cm³/mol. The van der Waals surface area contributed by atoms with Crippen LogP contribution in [-0.2, 0) is 19.5 Å². The van der Waals surface area contributed by atoms with Crippen molar-refractivity contribution in [2.75, 3.05) is 33.4 Å². The van der Waals surface area contributed by atoms with Crippen molar-refractivity contribution < 1.29 is 22.6 Å². The molecule has 1 aliphatic heterocycles. The molecule has 1 aromatic carbocycles. The molecule has 0 bridgehead atoms. The van der Waals surface area contributed by atoms with Crippen LogP contribution in [0.1, 0.15) is 20.3 Å². The summed E-state index contributed by atoms with van der Waals surface area (Å²) in [5.41, 5.74) is 7.36. The number of nitrogens with zero attached hydrogens (tertiary/aromatic N) is 4. The maximum absolute atomic E-state index is 13.3. The van der Waals surface area contributed by atoms with Crippen molar-refractivity contribution >= 4 is 27.3 Å². The fraction of sp³-hybridized carbons (Fsp3) is 0.526.